The van der Waals surface area contributed by atoms with E-state index in [1.807, 2.05) is 45.2 Å². The molecule has 3 saturated heterocycles. The highest BCUT2D eigenvalue weighted by atomic mass is 35.5. The van der Waals surface area contributed by atoms with Crippen molar-refractivity contribution in [1.29, 1.82) is 0 Å². The number of likely N-dealkylation sites (N-methyl/N-ethyl adjacent to an activating group) is 1. The lowest BCUT2D eigenvalue weighted by atomic mass is 9.62. The Hall–Kier alpha value is -2.83. The third-order valence-electron chi connectivity index (χ3n) is 15.8. The van der Waals surface area contributed by atoms with E-state index < -0.39 is 60.8 Å². The molecule has 360 valence electrons. The molecule has 1 N–H and O–H groups in total. The summed E-state index contributed by atoms with van der Waals surface area (Å²) < 4.78 is 52.2. The second-order valence-corrected chi connectivity index (χ2v) is 20.1. The molecule has 1 aromatic carbocycles. The minimum atomic E-state index is -1.01. The molecule has 16 heteroatoms. The van der Waals surface area contributed by atoms with Gasteiger partial charge in [0.2, 0.25) is 0 Å². The molecule has 2 aromatic rings. The molecule has 4 heterocycles. The molecule has 6 unspecified atom stereocenters. The summed E-state index contributed by atoms with van der Waals surface area (Å²) >= 11 is 6.40. The first-order valence-corrected chi connectivity index (χ1v) is 24.3. The topological polar surface area (TPSA) is 162 Å². The van der Waals surface area contributed by atoms with Gasteiger partial charge in [-0.1, -0.05) is 48.9 Å². The Morgan fingerprint density at radius 3 is 2.37 bits per heavy atom. The first-order chi connectivity index (χ1) is 31.2. The van der Waals surface area contributed by atoms with Gasteiger partial charge in [0.15, 0.2) is 18.4 Å². The van der Waals surface area contributed by atoms with Crippen molar-refractivity contribution in [2.45, 2.75) is 165 Å². The molecule has 0 spiro atoms. The molecular formula is C49H71ClN4O11. The number of hydrogen-bond acceptors (Lipinski definition) is 14. The fraction of sp³-hybridized carbons (Fsp3) is 0.755. The van der Waals surface area contributed by atoms with Crippen molar-refractivity contribution < 1.29 is 52.6 Å². The Morgan fingerprint density at radius 1 is 0.923 bits per heavy atom. The first kappa shape index (κ1) is 48.6. The smallest absolute Gasteiger partial charge is 0.306 e. The van der Waals surface area contributed by atoms with Crippen LogP contribution >= 0.6 is 11.6 Å². The van der Waals surface area contributed by atoms with Gasteiger partial charge in [-0.2, -0.15) is 0 Å². The van der Waals surface area contributed by atoms with Gasteiger partial charge < -0.3 is 47.9 Å². The molecule has 65 heavy (non-hydrogen) atoms. The highest BCUT2D eigenvalue weighted by Gasteiger charge is 2.60. The molecule has 3 aliphatic carbocycles. The van der Waals surface area contributed by atoms with Gasteiger partial charge in [-0.05, 0) is 115 Å². The number of ether oxygens (including phenoxy) is 8. The third kappa shape index (κ3) is 9.89. The Kier molecular flexibility index (Phi) is 15.6. The number of hydrogen-bond donors (Lipinski definition) is 1. The van der Waals surface area contributed by atoms with E-state index in [9.17, 15) is 9.90 Å². The standard InChI is InChI=1S/C49H71ClN4O11/c1-10-30-15-12-16-39(65-41-18-17-38(53(5)6)26(3)61-41)25(2)44(56)36-22-33-32-20-31(64-49-48(60-9)47(59-8)46(58-7)27(4)62-49)21-35(32)43(45(57)42(33)34(36)23-40(55)63-30)54-24-37(51-52-54)28-13-11-14-29(50)19-28/h11,13-14,19,22,24-27,30-35,38-39,41-43,45-49,57H,10,12,15-18,20-21,23H2,1-9H3/t25-,26?,27?,30+,31+,32+,33+,34-,35-,38+,39+,41+,42-,43?,45?,46+,47?,48?,49+/m1/s1. The van der Waals surface area contributed by atoms with Crippen LogP contribution in [0.1, 0.15) is 91.5 Å². The summed E-state index contributed by atoms with van der Waals surface area (Å²) in [4.78, 5) is 31.4. The third-order valence-corrected chi connectivity index (χ3v) is 16.0. The predicted octanol–water partition coefficient (Wildman–Crippen LogP) is 6.45. The monoisotopic (exact) mass is 926 g/mol. The number of methoxy groups -OCH3 is 3. The van der Waals surface area contributed by atoms with Crippen LogP contribution in [-0.4, -0.2) is 146 Å². The van der Waals surface area contributed by atoms with E-state index in [0.717, 1.165) is 24.8 Å². The number of aliphatic hydroxyl groups is 1. The van der Waals surface area contributed by atoms with Crippen LogP contribution in [0.2, 0.25) is 5.02 Å². The highest BCUT2D eigenvalue weighted by molar-refractivity contribution is 6.30. The maximum atomic E-state index is 15.2. The van der Waals surface area contributed by atoms with E-state index in [1.54, 1.807) is 32.1 Å². The number of nitrogens with zero attached hydrogens (tertiary/aromatic N) is 4. The minimum absolute atomic E-state index is 0.0276. The quantitative estimate of drug-likeness (QED) is 0.245. The molecule has 0 radical (unpaired) electrons. The van der Waals surface area contributed by atoms with Crippen LogP contribution in [0.25, 0.3) is 11.3 Å². The van der Waals surface area contributed by atoms with Gasteiger partial charge in [-0.15, -0.1) is 5.10 Å². The summed E-state index contributed by atoms with van der Waals surface area (Å²) in [6.45, 7) is 8.00. The maximum Gasteiger partial charge on any atom is 0.306 e. The molecular weight excluding hydrogens is 856 g/mol. The van der Waals surface area contributed by atoms with E-state index >= 15 is 4.79 Å². The zero-order valence-electron chi connectivity index (χ0n) is 39.5. The first-order valence-electron chi connectivity index (χ1n) is 23.9. The molecule has 0 amide bonds. The average Bonchev–Trinajstić information content (AvgIpc) is 4.03. The van der Waals surface area contributed by atoms with Gasteiger partial charge in [0, 0.05) is 55.7 Å². The molecule has 1 aromatic heterocycles. The Labute approximate surface area is 389 Å². The normalized spacial score (nSPS) is 41.5. The lowest BCUT2D eigenvalue weighted by molar-refractivity contribution is -0.314. The van der Waals surface area contributed by atoms with Crippen molar-refractivity contribution in [1.82, 2.24) is 19.9 Å². The summed E-state index contributed by atoms with van der Waals surface area (Å²) in [6, 6.07) is 7.16. The number of benzene rings is 1. The number of carbonyl (C=O) groups excluding carboxylic acids is 2. The zero-order chi connectivity index (χ0) is 46.3. The number of allylic oxidation sites excluding steroid dienone is 2. The second kappa shape index (κ2) is 20.8. The second-order valence-electron chi connectivity index (χ2n) is 19.7. The maximum absolute atomic E-state index is 15.2. The predicted molar refractivity (Wildman–Crippen MR) is 241 cm³/mol. The fourth-order valence-electron chi connectivity index (χ4n) is 12.5. The average molecular weight is 928 g/mol. The fourth-order valence-corrected chi connectivity index (χ4v) is 12.7. The van der Waals surface area contributed by atoms with E-state index in [2.05, 4.69) is 42.3 Å². The van der Waals surface area contributed by atoms with E-state index in [-0.39, 0.29) is 72.5 Å². The number of Topliss-reactive ketones (excluding diaryl/α,β-unsaturated/α-hetero) is 1. The molecule has 5 fully saturated rings. The van der Waals surface area contributed by atoms with Crippen molar-refractivity contribution in [3.8, 4) is 11.3 Å². The Morgan fingerprint density at radius 2 is 1.68 bits per heavy atom. The molecule has 6 aliphatic rings. The van der Waals surface area contributed by atoms with E-state index in [0.29, 0.717) is 48.4 Å². The number of ketones is 1. The van der Waals surface area contributed by atoms with Crippen molar-refractivity contribution in [3.63, 3.8) is 0 Å². The van der Waals surface area contributed by atoms with Crippen LogP contribution in [0.3, 0.4) is 0 Å². The summed E-state index contributed by atoms with van der Waals surface area (Å²) in [5.74, 6) is -2.50. The number of cyclic esters (lactones) is 1. The highest BCUT2D eigenvalue weighted by Crippen LogP contribution is 2.60. The van der Waals surface area contributed by atoms with Gasteiger partial charge >= 0.3 is 5.97 Å². The van der Waals surface area contributed by atoms with Crippen LogP contribution in [0, 0.1) is 35.5 Å². The Bertz CT molecular complexity index is 1980. The van der Waals surface area contributed by atoms with Gasteiger partial charge in [0.05, 0.1) is 49.2 Å². The van der Waals surface area contributed by atoms with Crippen LogP contribution < -0.4 is 0 Å². The Balaban J connectivity index is 1.14. The van der Waals surface area contributed by atoms with E-state index in [4.69, 9.17) is 49.5 Å². The van der Waals surface area contributed by atoms with Crippen LogP contribution in [0.4, 0.5) is 0 Å². The molecule has 8 rings (SSSR count). The number of fused-ring (bicyclic) bond motifs is 5. The summed E-state index contributed by atoms with van der Waals surface area (Å²) in [7, 11) is 9.02. The number of halogens is 1. The molecule has 15 nitrogen and oxygen atoms in total. The summed E-state index contributed by atoms with van der Waals surface area (Å²) in [6.07, 6.45) is 4.51. The SMILES string of the molecule is CC[C@H]1CCC[C@H](O[C@H]2CC[C@H](N(C)C)C(C)O2)[C@@H](C)C(=O)C2=C[C@H]3[C@@H]4C[C@H](O[C@@H]5OC(C)[C@H](OC)C(OC)C5OC)C[C@H]4C(n4cc(-c5cccc(Cl)c5)nn4)C(O)[C@H]3[C@@H]2CC(=O)O1. The van der Waals surface area contributed by atoms with Crippen LogP contribution in [0.15, 0.2) is 42.1 Å². The van der Waals surface area contributed by atoms with E-state index in [1.165, 1.54) is 0 Å². The van der Waals surface area contributed by atoms with Crippen molar-refractivity contribution >= 4 is 23.4 Å². The number of carbonyl (C=O) groups is 2. The summed E-state index contributed by atoms with van der Waals surface area (Å²) in [5.41, 5.74) is 1.98. The molecule has 2 saturated carbocycles. The molecule has 0 bridgehead atoms. The van der Waals surface area contributed by atoms with Gasteiger partial charge in [-0.25, -0.2) is 4.68 Å². The van der Waals surface area contributed by atoms with Gasteiger partial charge in [0.25, 0.3) is 0 Å². The number of esters is 1. The minimum Gasteiger partial charge on any atom is -0.462 e. The molecule has 3 aliphatic heterocycles. The number of aromatic nitrogens is 3. The van der Waals surface area contributed by atoms with Crippen LogP contribution in [-0.2, 0) is 47.5 Å². The van der Waals surface area contributed by atoms with Gasteiger partial charge in [0.1, 0.15) is 30.1 Å². The van der Waals surface area contributed by atoms with Gasteiger partial charge in [-0.3, -0.25) is 9.59 Å². The van der Waals surface area contributed by atoms with Crippen LogP contribution in [0.5, 0.6) is 0 Å². The van der Waals surface area contributed by atoms with Crippen molar-refractivity contribution in [3.05, 3.63) is 47.1 Å². The zero-order valence-corrected chi connectivity index (χ0v) is 40.3. The summed E-state index contributed by atoms with van der Waals surface area (Å²) in [5, 5.41) is 22.8. The number of rotatable bonds is 11. The molecule has 19 atom stereocenters. The lowest BCUT2D eigenvalue weighted by Crippen LogP contribution is -2.59. The lowest BCUT2D eigenvalue weighted by Gasteiger charge is -2.46. The van der Waals surface area contributed by atoms with Crippen molar-refractivity contribution in [2.24, 2.45) is 35.5 Å². The van der Waals surface area contributed by atoms with Crippen molar-refractivity contribution in [2.75, 3.05) is 35.4 Å². The number of aliphatic hydroxyl groups excluding tert-OH is 1. The largest absolute Gasteiger partial charge is 0.462 e.